The zero-order valence-electron chi connectivity index (χ0n) is 23.5. The highest BCUT2D eigenvalue weighted by Gasteiger charge is 2.33. The topological polar surface area (TPSA) is 86.8 Å². The number of anilines is 1. The van der Waals surface area contributed by atoms with Gasteiger partial charge in [0.25, 0.3) is 10.0 Å². The largest absolute Gasteiger partial charge is 0.352 e. The van der Waals surface area contributed by atoms with Crippen molar-refractivity contribution in [3.05, 3.63) is 95.6 Å². The molecule has 40 heavy (non-hydrogen) atoms. The van der Waals surface area contributed by atoms with Crippen molar-refractivity contribution >= 4 is 27.5 Å². The third-order valence-corrected chi connectivity index (χ3v) is 9.31. The Labute approximate surface area is 238 Å². The fourth-order valence-corrected chi connectivity index (χ4v) is 6.44. The van der Waals surface area contributed by atoms with Crippen LogP contribution in [0.3, 0.4) is 0 Å². The van der Waals surface area contributed by atoms with Gasteiger partial charge in [-0.1, -0.05) is 85.0 Å². The Morgan fingerprint density at radius 1 is 0.850 bits per heavy atom. The van der Waals surface area contributed by atoms with Crippen molar-refractivity contribution in [2.24, 2.45) is 0 Å². The second-order valence-electron chi connectivity index (χ2n) is 10.7. The van der Waals surface area contributed by atoms with Gasteiger partial charge in [-0.15, -0.1) is 0 Å². The van der Waals surface area contributed by atoms with Crippen LogP contribution in [0, 0.1) is 13.8 Å². The molecule has 0 spiro atoms. The molecule has 0 radical (unpaired) electrons. The van der Waals surface area contributed by atoms with Gasteiger partial charge in [-0.05, 0) is 63.4 Å². The molecule has 1 saturated carbocycles. The lowest BCUT2D eigenvalue weighted by Crippen LogP contribution is -2.53. The molecule has 0 unspecified atom stereocenters. The quantitative estimate of drug-likeness (QED) is 0.361. The van der Waals surface area contributed by atoms with Gasteiger partial charge in [0.15, 0.2) is 0 Å². The minimum atomic E-state index is -4.06. The Balaban J connectivity index is 1.65. The SMILES string of the molecule is Cc1ccc(CN(C(=O)CN(c2ccc(C)cc2)S(=O)(=O)c2ccccc2)[C@H](C)C(=O)NC2CCCCC2)cc1. The molecule has 1 fully saturated rings. The minimum Gasteiger partial charge on any atom is -0.352 e. The van der Waals surface area contributed by atoms with Crippen molar-refractivity contribution in [3.63, 3.8) is 0 Å². The summed E-state index contributed by atoms with van der Waals surface area (Å²) in [6.45, 7) is 5.37. The Morgan fingerprint density at radius 3 is 2.02 bits per heavy atom. The van der Waals surface area contributed by atoms with Gasteiger partial charge in [-0.2, -0.15) is 0 Å². The first kappa shape index (κ1) is 29.3. The normalized spacial score (nSPS) is 14.8. The Bertz CT molecular complexity index is 1380. The molecule has 4 rings (SSSR count). The van der Waals surface area contributed by atoms with Crippen LogP contribution in [0.25, 0.3) is 0 Å². The summed E-state index contributed by atoms with van der Waals surface area (Å²) in [5.41, 5.74) is 3.31. The van der Waals surface area contributed by atoms with Gasteiger partial charge < -0.3 is 10.2 Å². The lowest BCUT2D eigenvalue weighted by Gasteiger charge is -2.33. The van der Waals surface area contributed by atoms with Gasteiger partial charge in [0.05, 0.1) is 10.6 Å². The maximum absolute atomic E-state index is 14.0. The molecule has 0 heterocycles. The number of hydrogen-bond acceptors (Lipinski definition) is 4. The molecule has 7 nitrogen and oxygen atoms in total. The molecule has 212 valence electrons. The number of benzene rings is 3. The minimum absolute atomic E-state index is 0.0940. The van der Waals surface area contributed by atoms with Crippen molar-refractivity contribution < 1.29 is 18.0 Å². The Kier molecular flexibility index (Phi) is 9.63. The fourth-order valence-electron chi connectivity index (χ4n) is 5.00. The third-order valence-electron chi connectivity index (χ3n) is 7.52. The molecule has 3 aromatic carbocycles. The van der Waals surface area contributed by atoms with E-state index in [0.29, 0.717) is 5.69 Å². The predicted octanol–water partition coefficient (Wildman–Crippen LogP) is 5.36. The van der Waals surface area contributed by atoms with E-state index in [1.54, 1.807) is 37.3 Å². The molecule has 1 aliphatic rings. The van der Waals surface area contributed by atoms with E-state index in [4.69, 9.17) is 0 Å². The van der Waals surface area contributed by atoms with E-state index in [1.165, 1.54) is 23.5 Å². The molecule has 0 saturated heterocycles. The molecule has 2 amide bonds. The van der Waals surface area contributed by atoms with Gasteiger partial charge in [0.2, 0.25) is 11.8 Å². The number of amides is 2. The molecule has 0 bridgehead atoms. The predicted molar refractivity (Wildman–Crippen MR) is 158 cm³/mol. The number of sulfonamides is 1. The number of carbonyl (C=O) groups excluding carboxylic acids is 2. The van der Waals surface area contributed by atoms with Crippen molar-refractivity contribution in [3.8, 4) is 0 Å². The molecule has 0 aromatic heterocycles. The highest BCUT2D eigenvalue weighted by Crippen LogP contribution is 2.25. The lowest BCUT2D eigenvalue weighted by molar-refractivity contribution is -0.139. The summed E-state index contributed by atoms with van der Waals surface area (Å²) in [5.74, 6) is -0.674. The number of rotatable bonds is 10. The maximum Gasteiger partial charge on any atom is 0.264 e. The average molecular weight is 562 g/mol. The first-order valence-electron chi connectivity index (χ1n) is 13.9. The van der Waals surface area contributed by atoms with Gasteiger partial charge in [-0.25, -0.2) is 8.42 Å². The lowest BCUT2D eigenvalue weighted by atomic mass is 9.95. The summed E-state index contributed by atoms with van der Waals surface area (Å²) >= 11 is 0. The van der Waals surface area contributed by atoms with Crippen LogP contribution in [0.1, 0.15) is 55.7 Å². The first-order chi connectivity index (χ1) is 19.1. The monoisotopic (exact) mass is 561 g/mol. The molecular weight excluding hydrogens is 522 g/mol. The van der Waals surface area contributed by atoms with Gasteiger partial charge >= 0.3 is 0 Å². The van der Waals surface area contributed by atoms with Crippen molar-refractivity contribution in [2.45, 2.75) is 76.4 Å². The van der Waals surface area contributed by atoms with E-state index >= 15 is 0 Å². The number of nitrogens with one attached hydrogen (secondary N) is 1. The fraction of sp³-hybridized carbons (Fsp3) is 0.375. The molecule has 1 atom stereocenters. The Hall–Kier alpha value is -3.65. The van der Waals surface area contributed by atoms with Crippen LogP contribution in [0.5, 0.6) is 0 Å². The average Bonchev–Trinajstić information content (AvgIpc) is 2.96. The second kappa shape index (κ2) is 13.1. The van der Waals surface area contributed by atoms with Crippen LogP contribution < -0.4 is 9.62 Å². The van der Waals surface area contributed by atoms with Crippen LogP contribution in [0.15, 0.2) is 83.8 Å². The Morgan fingerprint density at radius 2 is 1.43 bits per heavy atom. The van der Waals surface area contributed by atoms with Crippen LogP contribution >= 0.6 is 0 Å². The zero-order valence-corrected chi connectivity index (χ0v) is 24.4. The standard InChI is InChI=1S/C32H39N3O4S/c1-24-14-18-27(19-15-24)22-34(26(3)32(37)33-28-10-6-4-7-11-28)31(36)23-35(29-20-16-25(2)17-21-29)40(38,39)30-12-8-5-9-13-30/h5,8-9,12-21,26,28H,4,6-7,10-11,22-23H2,1-3H3,(H,33,37)/t26-/m1/s1. The number of carbonyl (C=O) groups is 2. The molecule has 1 aliphatic carbocycles. The van der Waals surface area contributed by atoms with E-state index in [0.717, 1.165) is 46.7 Å². The number of aryl methyl sites for hydroxylation is 2. The van der Waals surface area contributed by atoms with Crippen LogP contribution in [0.2, 0.25) is 0 Å². The summed E-state index contributed by atoms with van der Waals surface area (Å²) < 4.78 is 28.8. The summed E-state index contributed by atoms with van der Waals surface area (Å²) in [7, 11) is -4.06. The zero-order chi connectivity index (χ0) is 28.7. The molecule has 8 heteroatoms. The van der Waals surface area contributed by atoms with E-state index < -0.39 is 28.5 Å². The van der Waals surface area contributed by atoms with Crippen molar-refractivity contribution in [1.82, 2.24) is 10.2 Å². The highest BCUT2D eigenvalue weighted by molar-refractivity contribution is 7.92. The van der Waals surface area contributed by atoms with Crippen LogP contribution in [-0.4, -0.2) is 43.8 Å². The second-order valence-corrected chi connectivity index (χ2v) is 12.5. The number of nitrogens with zero attached hydrogens (tertiary/aromatic N) is 2. The smallest absolute Gasteiger partial charge is 0.264 e. The van der Waals surface area contributed by atoms with Crippen LogP contribution in [0.4, 0.5) is 5.69 Å². The first-order valence-corrected chi connectivity index (χ1v) is 15.4. The van der Waals surface area contributed by atoms with E-state index in [1.807, 2.05) is 50.2 Å². The van der Waals surface area contributed by atoms with E-state index in [-0.39, 0.29) is 23.4 Å². The molecule has 1 N–H and O–H groups in total. The summed E-state index contributed by atoms with van der Waals surface area (Å²) in [5, 5.41) is 3.13. The van der Waals surface area contributed by atoms with Gasteiger partial charge in [0.1, 0.15) is 12.6 Å². The van der Waals surface area contributed by atoms with Gasteiger partial charge in [0, 0.05) is 12.6 Å². The number of hydrogen-bond donors (Lipinski definition) is 1. The van der Waals surface area contributed by atoms with E-state index in [2.05, 4.69) is 5.32 Å². The van der Waals surface area contributed by atoms with Crippen molar-refractivity contribution in [1.29, 1.82) is 0 Å². The summed E-state index contributed by atoms with van der Waals surface area (Å²) in [4.78, 5) is 29.0. The maximum atomic E-state index is 14.0. The van der Waals surface area contributed by atoms with E-state index in [9.17, 15) is 18.0 Å². The van der Waals surface area contributed by atoms with Crippen molar-refractivity contribution in [2.75, 3.05) is 10.8 Å². The summed E-state index contributed by atoms with van der Waals surface area (Å²) in [6, 6.07) is 22.2. The molecule has 3 aromatic rings. The van der Waals surface area contributed by atoms with Gasteiger partial charge in [-0.3, -0.25) is 13.9 Å². The third kappa shape index (κ3) is 7.30. The van der Waals surface area contributed by atoms with Crippen LogP contribution in [-0.2, 0) is 26.2 Å². The summed E-state index contributed by atoms with van der Waals surface area (Å²) in [6.07, 6.45) is 5.19. The molecular formula is C32H39N3O4S. The molecule has 0 aliphatic heterocycles. The highest BCUT2D eigenvalue weighted by atomic mass is 32.2.